The SMILES string of the molecule is O=S1(=O)CCCN1[C@@H](c1ccccc1)[C@H](O)c1ccccc1. The van der Waals surface area contributed by atoms with Gasteiger partial charge in [0.15, 0.2) is 0 Å². The van der Waals surface area contributed by atoms with Crippen LogP contribution in [0.3, 0.4) is 0 Å². The summed E-state index contributed by atoms with van der Waals surface area (Å²) in [5, 5.41) is 10.8. The number of nitrogens with zero attached hydrogens (tertiary/aromatic N) is 1. The van der Waals surface area contributed by atoms with E-state index in [9.17, 15) is 13.5 Å². The Balaban J connectivity index is 2.04. The summed E-state index contributed by atoms with van der Waals surface area (Å²) >= 11 is 0. The van der Waals surface area contributed by atoms with Crippen LogP contribution in [-0.4, -0.2) is 30.1 Å². The summed E-state index contributed by atoms with van der Waals surface area (Å²) < 4.78 is 26.1. The highest BCUT2D eigenvalue weighted by atomic mass is 32.2. The van der Waals surface area contributed by atoms with E-state index in [-0.39, 0.29) is 5.75 Å². The highest BCUT2D eigenvalue weighted by Crippen LogP contribution is 2.37. The van der Waals surface area contributed by atoms with Crippen molar-refractivity contribution in [2.45, 2.75) is 18.6 Å². The van der Waals surface area contributed by atoms with Crippen LogP contribution >= 0.6 is 0 Å². The van der Waals surface area contributed by atoms with Crippen LogP contribution in [0.4, 0.5) is 0 Å². The fourth-order valence-corrected chi connectivity index (χ4v) is 4.68. The second-order valence-electron chi connectivity index (χ2n) is 5.49. The van der Waals surface area contributed by atoms with Gasteiger partial charge in [0.2, 0.25) is 10.0 Å². The van der Waals surface area contributed by atoms with Crippen LogP contribution in [0.1, 0.15) is 29.7 Å². The number of hydrogen-bond donors (Lipinski definition) is 1. The van der Waals surface area contributed by atoms with Crippen molar-refractivity contribution in [2.75, 3.05) is 12.3 Å². The zero-order chi connectivity index (χ0) is 15.6. The van der Waals surface area contributed by atoms with E-state index in [0.29, 0.717) is 13.0 Å². The van der Waals surface area contributed by atoms with E-state index >= 15 is 0 Å². The number of hydrogen-bond acceptors (Lipinski definition) is 3. The monoisotopic (exact) mass is 317 g/mol. The lowest BCUT2D eigenvalue weighted by molar-refractivity contribution is 0.0926. The molecule has 116 valence electrons. The maximum Gasteiger partial charge on any atom is 0.214 e. The maximum atomic E-state index is 12.3. The number of aliphatic hydroxyl groups excluding tert-OH is 1. The number of benzene rings is 2. The van der Waals surface area contributed by atoms with E-state index in [2.05, 4.69) is 0 Å². The molecule has 1 aliphatic rings. The Kier molecular flexibility index (Phi) is 4.29. The van der Waals surface area contributed by atoms with Crippen LogP contribution in [0.5, 0.6) is 0 Å². The van der Waals surface area contributed by atoms with E-state index in [1.165, 1.54) is 4.31 Å². The fraction of sp³-hybridized carbons (Fsp3) is 0.294. The summed E-state index contributed by atoms with van der Waals surface area (Å²) in [6, 6.07) is 18.0. The Bertz CT molecular complexity index is 716. The van der Waals surface area contributed by atoms with Gasteiger partial charge in [-0.1, -0.05) is 60.7 Å². The maximum absolute atomic E-state index is 12.3. The van der Waals surface area contributed by atoms with Crippen LogP contribution in [0, 0.1) is 0 Å². The summed E-state index contributed by atoms with van der Waals surface area (Å²) in [5.41, 5.74) is 1.53. The van der Waals surface area contributed by atoms with Gasteiger partial charge in [0.1, 0.15) is 0 Å². The molecule has 0 saturated carbocycles. The molecule has 0 unspecified atom stereocenters. The third kappa shape index (κ3) is 2.92. The third-order valence-electron chi connectivity index (χ3n) is 4.03. The van der Waals surface area contributed by atoms with E-state index in [4.69, 9.17) is 0 Å². The highest BCUT2D eigenvalue weighted by Gasteiger charge is 2.39. The van der Waals surface area contributed by atoms with Gasteiger partial charge < -0.3 is 5.11 Å². The molecule has 0 aromatic heterocycles. The molecule has 1 aliphatic heterocycles. The van der Waals surface area contributed by atoms with Gasteiger partial charge in [-0.15, -0.1) is 0 Å². The average Bonchev–Trinajstić information content (AvgIpc) is 2.89. The second kappa shape index (κ2) is 6.20. The molecule has 0 spiro atoms. The van der Waals surface area contributed by atoms with Crippen molar-refractivity contribution in [3.8, 4) is 0 Å². The van der Waals surface area contributed by atoms with Gasteiger partial charge in [0, 0.05) is 6.54 Å². The molecule has 0 radical (unpaired) electrons. The summed E-state index contributed by atoms with van der Waals surface area (Å²) in [4.78, 5) is 0. The van der Waals surface area contributed by atoms with Gasteiger partial charge in [-0.3, -0.25) is 0 Å². The first-order valence-electron chi connectivity index (χ1n) is 7.37. The van der Waals surface area contributed by atoms with Crippen molar-refractivity contribution in [1.82, 2.24) is 4.31 Å². The Morgan fingerprint density at radius 2 is 1.45 bits per heavy atom. The van der Waals surface area contributed by atoms with Crippen molar-refractivity contribution in [2.24, 2.45) is 0 Å². The minimum Gasteiger partial charge on any atom is -0.386 e. The van der Waals surface area contributed by atoms with Crippen LogP contribution in [0.15, 0.2) is 60.7 Å². The Labute approximate surface area is 131 Å². The van der Waals surface area contributed by atoms with E-state index in [1.54, 1.807) is 0 Å². The van der Waals surface area contributed by atoms with E-state index in [1.807, 2.05) is 60.7 Å². The molecule has 22 heavy (non-hydrogen) atoms. The van der Waals surface area contributed by atoms with Gasteiger partial charge in [-0.2, -0.15) is 4.31 Å². The lowest BCUT2D eigenvalue weighted by Gasteiger charge is -2.31. The van der Waals surface area contributed by atoms with E-state index in [0.717, 1.165) is 11.1 Å². The number of rotatable bonds is 4. The average molecular weight is 317 g/mol. The number of sulfonamides is 1. The molecule has 2 atom stereocenters. The van der Waals surface area contributed by atoms with Crippen molar-refractivity contribution in [1.29, 1.82) is 0 Å². The summed E-state index contributed by atoms with van der Waals surface area (Å²) in [6.07, 6.45) is -0.288. The molecule has 0 bridgehead atoms. The van der Waals surface area contributed by atoms with Gasteiger partial charge in [0.25, 0.3) is 0 Å². The van der Waals surface area contributed by atoms with Crippen molar-refractivity contribution >= 4 is 10.0 Å². The molecule has 1 heterocycles. The Hall–Kier alpha value is -1.69. The minimum atomic E-state index is -3.31. The van der Waals surface area contributed by atoms with Gasteiger partial charge >= 0.3 is 0 Å². The first-order valence-corrected chi connectivity index (χ1v) is 8.98. The molecule has 3 rings (SSSR count). The largest absolute Gasteiger partial charge is 0.386 e. The summed E-state index contributed by atoms with van der Waals surface area (Å²) in [5.74, 6) is 0.151. The van der Waals surface area contributed by atoms with Crippen molar-refractivity contribution in [3.05, 3.63) is 71.8 Å². The number of aliphatic hydroxyl groups is 1. The summed E-state index contributed by atoms with van der Waals surface area (Å²) in [7, 11) is -3.31. The normalized spacial score (nSPS) is 20.6. The highest BCUT2D eigenvalue weighted by molar-refractivity contribution is 7.89. The zero-order valence-corrected chi connectivity index (χ0v) is 13.0. The molecule has 2 aromatic rings. The van der Waals surface area contributed by atoms with Crippen LogP contribution in [0.25, 0.3) is 0 Å². The first-order chi connectivity index (χ1) is 10.6. The lowest BCUT2D eigenvalue weighted by atomic mass is 9.95. The Morgan fingerprint density at radius 1 is 0.909 bits per heavy atom. The molecule has 1 saturated heterocycles. The van der Waals surface area contributed by atoms with Crippen LogP contribution in [-0.2, 0) is 10.0 Å². The van der Waals surface area contributed by atoms with Crippen molar-refractivity contribution < 1.29 is 13.5 Å². The third-order valence-corrected chi connectivity index (χ3v) is 5.96. The molecule has 0 aliphatic carbocycles. The molecule has 1 N–H and O–H groups in total. The standard InChI is InChI=1S/C17H19NO3S/c19-17(15-10-5-2-6-11-15)16(14-8-3-1-4-9-14)18-12-7-13-22(18,20)21/h1-6,8-11,16-17,19H,7,12-13H2/t16-,17+/m0/s1. The van der Waals surface area contributed by atoms with Gasteiger partial charge in [-0.25, -0.2) is 8.42 Å². The van der Waals surface area contributed by atoms with Crippen LogP contribution < -0.4 is 0 Å². The molecule has 5 heteroatoms. The van der Waals surface area contributed by atoms with Gasteiger partial charge in [-0.05, 0) is 17.5 Å². The zero-order valence-electron chi connectivity index (χ0n) is 12.2. The molecular formula is C17H19NO3S. The molecule has 0 amide bonds. The molecular weight excluding hydrogens is 298 g/mol. The fourth-order valence-electron chi connectivity index (χ4n) is 2.96. The molecule has 4 nitrogen and oxygen atoms in total. The Morgan fingerprint density at radius 3 is 1.95 bits per heavy atom. The van der Waals surface area contributed by atoms with Gasteiger partial charge in [0.05, 0.1) is 17.9 Å². The van der Waals surface area contributed by atoms with E-state index < -0.39 is 22.2 Å². The lowest BCUT2D eigenvalue weighted by Crippen LogP contribution is -2.34. The first kappa shape index (κ1) is 15.2. The summed E-state index contributed by atoms with van der Waals surface area (Å²) in [6.45, 7) is 0.450. The molecule has 1 fully saturated rings. The topological polar surface area (TPSA) is 57.6 Å². The van der Waals surface area contributed by atoms with Crippen LogP contribution in [0.2, 0.25) is 0 Å². The quantitative estimate of drug-likeness (QED) is 0.942. The smallest absolute Gasteiger partial charge is 0.214 e. The predicted molar refractivity (Wildman–Crippen MR) is 85.7 cm³/mol. The minimum absolute atomic E-state index is 0.151. The van der Waals surface area contributed by atoms with Crippen molar-refractivity contribution in [3.63, 3.8) is 0 Å². The predicted octanol–water partition coefficient (Wildman–Crippen LogP) is 2.50. The second-order valence-corrected chi connectivity index (χ2v) is 7.53. The molecule has 2 aromatic carbocycles.